The highest BCUT2D eigenvalue weighted by Gasteiger charge is 2.35. The second-order valence-electron chi connectivity index (χ2n) is 8.89. The van der Waals surface area contributed by atoms with Crippen molar-refractivity contribution in [3.8, 4) is 5.75 Å². The maximum atomic E-state index is 12.6. The van der Waals surface area contributed by atoms with Gasteiger partial charge in [-0.25, -0.2) is 0 Å². The molecular formula is C26H31ClN4O5. The molecule has 0 unspecified atom stereocenters. The molecule has 2 saturated heterocycles. The molecule has 2 N–H and O–H groups in total. The lowest BCUT2D eigenvalue weighted by molar-refractivity contribution is -0.126. The lowest BCUT2D eigenvalue weighted by Crippen LogP contribution is -2.42. The average molecular weight is 515 g/mol. The van der Waals surface area contributed by atoms with E-state index in [4.69, 9.17) is 21.1 Å². The van der Waals surface area contributed by atoms with E-state index in [1.165, 1.54) is 0 Å². The van der Waals surface area contributed by atoms with Crippen LogP contribution in [0.15, 0.2) is 42.5 Å². The Balaban J connectivity index is 1.23. The molecule has 2 aromatic carbocycles. The predicted molar refractivity (Wildman–Crippen MR) is 137 cm³/mol. The molecular weight excluding hydrogens is 484 g/mol. The van der Waals surface area contributed by atoms with Crippen molar-refractivity contribution in [3.05, 3.63) is 53.1 Å². The van der Waals surface area contributed by atoms with Crippen molar-refractivity contribution in [1.82, 2.24) is 10.2 Å². The second-order valence-corrected chi connectivity index (χ2v) is 9.30. The minimum absolute atomic E-state index is 0.0896. The summed E-state index contributed by atoms with van der Waals surface area (Å²) < 4.78 is 10.9. The normalized spacial score (nSPS) is 18.2. The molecule has 0 bridgehead atoms. The van der Waals surface area contributed by atoms with Gasteiger partial charge in [0.25, 0.3) is 5.91 Å². The molecule has 0 aliphatic carbocycles. The van der Waals surface area contributed by atoms with Crippen LogP contribution >= 0.6 is 11.6 Å². The third-order valence-electron chi connectivity index (χ3n) is 6.39. The number of amides is 3. The van der Waals surface area contributed by atoms with E-state index in [1.807, 2.05) is 6.92 Å². The lowest BCUT2D eigenvalue weighted by Gasteiger charge is -2.26. The minimum Gasteiger partial charge on any atom is -0.484 e. The second kappa shape index (κ2) is 12.2. The number of nitrogens with one attached hydrogen (secondary N) is 2. The fraction of sp³-hybridized carbons (Fsp3) is 0.423. The van der Waals surface area contributed by atoms with Gasteiger partial charge in [-0.1, -0.05) is 17.7 Å². The number of hydrogen-bond donors (Lipinski definition) is 2. The number of carbonyl (C=O) groups excluding carboxylic acids is 3. The zero-order chi connectivity index (χ0) is 25.5. The van der Waals surface area contributed by atoms with Crippen LogP contribution in [-0.4, -0.2) is 75.2 Å². The van der Waals surface area contributed by atoms with E-state index in [1.54, 1.807) is 47.4 Å². The van der Waals surface area contributed by atoms with Gasteiger partial charge in [-0.3, -0.25) is 19.3 Å². The summed E-state index contributed by atoms with van der Waals surface area (Å²) in [7, 11) is 0. The van der Waals surface area contributed by atoms with E-state index in [2.05, 4.69) is 15.5 Å². The smallest absolute Gasteiger partial charge is 0.262 e. The zero-order valence-electron chi connectivity index (χ0n) is 20.3. The fourth-order valence-electron chi connectivity index (χ4n) is 4.24. The highest BCUT2D eigenvalue weighted by Crippen LogP contribution is 2.27. The SMILES string of the molecule is Cc1c(Cl)cccc1NC(=O)COc1ccc(N2C[C@H](C(=O)NCCN3CCOCC3)CC2=O)cc1. The molecule has 0 spiro atoms. The van der Waals surface area contributed by atoms with E-state index in [0.29, 0.717) is 35.2 Å². The van der Waals surface area contributed by atoms with Gasteiger partial charge in [0.15, 0.2) is 6.61 Å². The van der Waals surface area contributed by atoms with Crippen LogP contribution < -0.4 is 20.3 Å². The van der Waals surface area contributed by atoms with Crippen LogP contribution in [0.2, 0.25) is 5.02 Å². The van der Waals surface area contributed by atoms with Crippen LogP contribution in [-0.2, 0) is 19.1 Å². The highest BCUT2D eigenvalue weighted by molar-refractivity contribution is 6.31. The summed E-state index contributed by atoms with van der Waals surface area (Å²) in [6, 6.07) is 12.2. The van der Waals surface area contributed by atoms with Crippen molar-refractivity contribution in [2.75, 3.05) is 62.8 Å². The van der Waals surface area contributed by atoms with E-state index in [0.717, 1.165) is 38.4 Å². The third-order valence-corrected chi connectivity index (χ3v) is 6.80. The zero-order valence-corrected chi connectivity index (χ0v) is 21.1. The number of halogens is 1. The Hall–Kier alpha value is -3.14. The molecule has 0 saturated carbocycles. The summed E-state index contributed by atoms with van der Waals surface area (Å²) in [5.74, 6) is -0.368. The van der Waals surface area contributed by atoms with Crippen LogP contribution in [0.4, 0.5) is 11.4 Å². The van der Waals surface area contributed by atoms with Gasteiger partial charge in [0.1, 0.15) is 5.75 Å². The van der Waals surface area contributed by atoms with Gasteiger partial charge in [0, 0.05) is 55.5 Å². The van der Waals surface area contributed by atoms with Crippen LogP contribution in [0, 0.1) is 12.8 Å². The maximum Gasteiger partial charge on any atom is 0.262 e. The molecule has 2 aromatic rings. The van der Waals surface area contributed by atoms with Crippen molar-refractivity contribution < 1.29 is 23.9 Å². The lowest BCUT2D eigenvalue weighted by atomic mass is 10.1. The molecule has 2 aliphatic rings. The van der Waals surface area contributed by atoms with Crippen molar-refractivity contribution in [2.45, 2.75) is 13.3 Å². The van der Waals surface area contributed by atoms with Gasteiger partial charge in [-0.15, -0.1) is 0 Å². The van der Waals surface area contributed by atoms with E-state index in [9.17, 15) is 14.4 Å². The monoisotopic (exact) mass is 514 g/mol. The Morgan fingerprint density at radius 1 is 1.14 bits per heavy atom. The predicted octanol–water partition coefficient (Wildman–Crippen LogP) is 2.47. The van der Waals surface area contributed by atoms with Crippen LogP contribution in [0.5, 0.6) is 5.75 Å². The number of rotatable bonds is 9. The van der Waals surface area contributed by atoms with Gasteiger partial charge in [0.05, 0.1) is 19.1 Å². The summed E-state index contributed by atoms with van der Waals surface area (Å²) in [6.07, 6.45) is 0.185. The largest absolute Gasteiger partial charge is 0.484 e. The first-order valence-electron chi connectivity index (χ1n) is 12.1. The third kappa shape index (κ3) is 6.75. The molecule has 192 valence electrons. The minimum atomic E-state index is -0.378. The molecule has 9 nitrogen and oxygen atoms in total. The summed E-state index contributed by atoms with van der Waals surface area (Å²) in [6.45, 7) is 6.52. The Morgan fingerprint density at radius 3 is 2.64 bits per heavy atom. The molecule has 36 heavy (non-hydrogen) atoms. The van der Waals surface area contributed by atoms with E-state index in [-0.39, 0.29) is 36.7 Å². The molecule has 4 rings (SSSR count). The number of carbonyl (C=O) groups is 3. The van der Waals surface area contributed by atoms with E-state index >= 15 is 0 Å². The standard InChI is InChI=1S/C26H31ClN4O5/c1-18-22(27)3-2-4-23(18)29-24(32)17-36-21-7-5-20(6-8-21)31-16-19(15-25(31)33)26(34)28-9-10-30-11-13-35-14-12-30/h2-8,19H,9-17H2,1H3,(H,28,34)(H,29,32)/t19-/m1/s1. The van der Waals surface area contributed by atoms with Crippen LogP contribution in [0.3, 0.4) is 0 Å². The van der Waals surface area contributed by atoms with Gasteiger partial charge in [0.2, 0.25) is 11.8 Å². The molecule has 1 atom stereocenters. The molecule has 2 fully saturated rings. The van der Waals surface area contributed by atoms with E-state index < -0.39 is 0 Å². The summed E-state index contributed by atoms with van der Waals surface area (Å²) in [5.41, 5.74) is 2.12. The number of nitrogens with zero attached hydrogens (tertiary/aromatic N) is 2. The Morgan fingerprint density at radius 2 is 1.89 bits per heavy atom. The molecule has 0 aromatic heterocycles. The first-order chi connectivity index (χ1) is 17.4. The number of benzene rings is 2. The number of hydrogen-bond acceptors (Lipinski definition) is 6. The Kier molecular flexibility index (Phi) is 8.79. The number of ether oxygens (including phenoxy) is 2. The van der Waals surface area contributed by atoms with Gasteiger partial charge in [-0.05, 0) is 48.9 Å². The van der Waals surface area contributed by atoms with Gasteiger partial charge >= 0.3 is 0 Å². The van der Waals surface area contributed by atoms with Gasteiger partial charge < -0.3 is 25.0 Å². The topological polar surface area (TPSA) is 100 Å². The molecule has 0 radical (unpaired) electrons. The van der Waals surface area contributed by atoms with Gasteiger partial charge in [-0.2, -0.15) is 0 Å². The first kappa shape index (κ1) is 25.9. The summed E-state index contributed by atoms with van der Waals surface area (Å²) in [5, 5.41) is 6.32. The molecule has 10 heteroatoms. The Labute approximate surface area is 215 Å². The van der Waals surface area contributed by atoms with Crippen molar-refractivity contribution in [2.24, 2.45) is 5.92 Å². The first-order valence-corrected chi connectivity index (χ1v) is 12.4. The number of morpholine rings is 1. The van der Waals surface area contributed by atoms with Crippen molar-refractivity contribution >= 4 is 40.7 Å². The van der Waals surface area contributed by atoms with Crippen molar-refractivity contribution in [1.29, 1.82) is 0 Å². The summed E-state index contributed by atoms with van der Waals surface area (Å²) in [4.78, 5) is 41.3. The highest BCUT2D eigenvalue weighted by atomic mass is 35.5. The molecule has 2 aliphatic heterocycles. The van der Waals surface area contributed by atoms with Crippen LogP contribution in [0.25, 0.3) is 0 Å². The number of anilines is 2. The van der Waals surface area contributed by atoms with Crippen molar-refractivity contribution in [3.63, 3.8) is 0 Å². The Bertz CT molecular complexity index is 1090. The average Bonchev–Trinajstić information content (AvgIpc) is 3.28. The molecule has 3 amide bonds. The maximum absolute atomic E-state index is 12.6. The quantitative estimate of drug-likeness (QED) is 0.533. The molecule has 2 heterocycles. The fourth-order valence-corrected chi connectivity index (χ4v) is 4.41. The van der Waals surface area contributed by atoms with Crippen LogP contribution in [0.1, 0.15) is 12.0 Å². The summed E-state index contributed by atoms with van der Waals surface area (Å²) >= 11 is 6.09.